The predicted molar refractivity (Wildman–Crippen MR) is 212 cm³/mol. The van der Waals surface area contributed by atoms with Gasteiger partial charge < -0.3 is 50.8 Å². The highest BCUT2D eigenvalue weighted by Crippen LogP contribution is 2.25. The van der Waals surface area contributed by atoms with Crippen LogP contribution in [0.4, 0.5) is 0 Å². The molecule has 2 aromatic rings. The number of amides is 3. The van der Waals surface area contributed by atoms with Crippen LogP contribution in [0.1, 0.15) is 84.6 Å². The number of carbonyl (C=O) groups is 5. The van der Waals surface area contributed by atoms with E-state index in [0.29, 0.717) is 6.42 Å². The molecule has 1 saturated heterocycles. The third-order valence-corrected chi connectivity index (χ3v) is 9.85. The number of rotatable bonds is 21. The summed E-state index contributed by atoms with van der Waals surface area (Å²) in [6.07, 6.45) is 0.612. The van der Waals surface area contributed by atoms with Crippen molar-refractivity contribution >= 4 is 39.8 Å². The largest absolute Gasteiger partial charge is 0.463 e. The van der Waals surface area contributed by atoms with Crippen LogP contribution >= 0.6 is 0 Å². The fourth-order valence-electron chi connectivity index (χ4n) is 5.97. The maximum absolute atomic E-state index is 13.2. The minimum Gasteiger partial charge on any atom is -0.463 e. The number of nitrogens with two attached hydrogens (primary N) is 2. The Morgan fingerprint density at radius 1 is 1.00 bits per heavy atom. The number of aliphatic hydroxyl groups excluding tert-OH is 2. The number of unbranched alkanes of at least 4 members (excludes halogenated alkanes) is 4. The van der Waals surface area contributed by atoms with Crippen molar-refractivity contribution in [2.45, 2.75) is 140 Å². The first-order valence-electron chi connectivity index (χ1n) is 19.3. The van der Waals surface area contributed by atoms with E-state index in [0.717, 1.165) is 36.1 Å². The number of ether oxygens (including phenoxy) is 4. The van der Waals surface area contributed by atoms with Crippen molar-refractivity contribution in [3.63, 3.8) is 0 Å². The first-order chi connectivity index (χ1) is 27.7. The second-order valence-electron chi connectivity index (χ2n) is 14.2. The summed E-state index contributed by atoms with van der Waals surface area (Å²) in [4.78, 5) is 67.4. The highest BCUT2D eigenvalue weighted by molar-refractivity contribution is 7.85. The average Bonchev–Trinajstić information content (AvgIpc) is 3.16. The molecule has 1 aromatic carbocycles. The van der Waals surface area contributed by atoms with Gasteiger partial charge in [0.1, 0.15) is 42.8 Å². The molecule has 0 bridgehead atoms. The molecule has 59 heavy (non-hydrogen) atoms. The van der Waals surface area contributed by atoms with Crippen molar-refractivity contribution in [3.05, 3.63) is 54.4 Å². The number of aromatic nitrogens is 1. The fourth-order valence-corrected chi connectivity index (χ4v) is 6.45. The van der Waals surface area contributed by atoms with Crippen LogP contribution in [-0.4, -0.2) is 125 Å². The van der Waals surface area contributed by atoms with Crippen molar-refractivity contribution in [3.8, 4) is 5.75 Å². The van der Waals surface area contributed by atoms with Crippen LogP contribution in [0, 0.1) is 6.92 Å². The molecule has 3 amide bonds. The van der Waals surface area contributed by atoms with E-state index in [1.807, 2.05) is 6.92 Å². The van der Waals surface area contributed by atoms with Crippen LogP contribution in [0.3, 0.4) is 0 Å². The molecule has 330 valence electrons. The lowest BCUT2D eigenvalue weighted by molar-refractivity contribution is -0.269. The number of hydrogen-bond acceptors (Lipinski definition) is 15. The smallest absolute Gasteiger partial charge is 0.311 e. The minimum atomic E-state index is -4.02. The molecule has 8 atom stereocenters. The first kappa shape index (κ1) is 50.6. The van der Waals surface area contributed by atoms with E-state index < -0.39 is 88.6 Å². The summed E-state index contributed by atoms with van der Waals surface area (Å²) >= 11 is 0. The number of nitrogens with one attached hydrogen (secondary N) is 1. The molecule has 1 aliphatic rings. The Labute approximate surface area is 344 Å². The van der Waals surface area contributed by atoms with E-state index in [9.17, 15) is 42.6 Å². The quantitative estimate of drug-likeness (QED) is 0.0586. The molecule has 20 heteroatoms. The Morgan fingerprint density at radius 3 is 2.22 bits per heavy atom. The Hall–Kier alpha value is -4.57. The van der Waals surface area contributed by atoms with Crippen molar-refractivity contribution in [2.24, 2.45) is 11.5 Å². The second kappa shape index (κ2) is 25.1. The Bertz CT molecular complexity index is 1750. The van der Waals surface area contributed by atoms with Gasteiger partial charge in [-0.3, -0.25) is 33.5 Å². The Kier molecular flexibility index (Phi) is 21.6. The maximum atomic E-state index is 13.2. The zero-order chi connectivity index (χ0) is 44.3. The third-order valence-electron chi connectivity index (χ3n) is 8.98. The molecule has 3 rings (SSSR count). The lowest BCUT2D eigenvalue weighted by Gasteiger charge is -2.44. The van der Waals surface area contributed by atoms with Crippen LogP contribution in [-0.2, 0) is 48.3 Å². The van der Waals surface area contributed by atoms with Gasteiger partial charge in [0.2, 0.25) is 17.7 Å². The number of aliphatic hydroxyl groups is 2. The van der Waals surface area contributed by atoms with Crippen molar-refractivity contribution in [1.82, 2.24) is 15.2 Å². The van der Waals surface area contributed by atoms with Crippen LogP contribution in [0.15, 0.2) is 53.7 Å². The van der Waals surface area contributed by atoms with Crippen molar-refractivity contribution in [2.75, 3.05) is 13.2 Å². The molecule has 2 heterocycles. The van der Waals surface area contributed by atoms with Gasteiger partial charge in [-0.05, 0) is 57.9 Å². The SMILES string of the molecule is CCCCCCCC(=O)OC[C@H]1O[C@H](O)[C@H](NC(C)=O)[C@@H](OC(C)CN(C(=O)[C@H](C)N)[C@H](CCC(=O)Oc2cccnc2)C(N)=O)[C@@H]1O.Cc1ccc(S(=O)(=O)O)cc1. The molecule has 8 N–H and O–H groups in total. The van der Waals surface area contributed by atoms with Gasteiger partial charge in [-0.2, -0.15) is 8.42 Å². The third kappa shape index (κ3) is 18.1. The van der Waals surface area contributed by atoms with E-state index in [1.165, 1.54) is 51.4 Å². The minimum absolute atomic E-state index is 0.0666. The number of primary amides is 1. The fraction of sp³-hybridized carbons (Fsp3) is 0.590. The van der Waals surface area contributed by atoms with E-state index in [4.69, 9.17) is 35.0 Å². The molecule has 0 radical (unpaired) electrons. The van der Waals surface area contributed by atoms with Gasteiger partial charge in [0.15, 0.2) is 6.29 Å². The summed E-state index contributed by atoms with van der Waals surface area (Å²) in [7, 11) is -4.02. The zero-order valence-electron chi connectivity index (χ0n) is 34.1. The molecular weight excluding hydrogens is 795 g/mol. The predicted octanol–water partition coefficient (Wildman–Crippen LogP) is 1.30. The molecule has 0 aliphatic carbocycles. The average molecular weight is 854 g/mol. The summed E-state index contributed by atoms with van der Waals surface area (Å²) in [6.45, 7) is 7.41. The van der Waals surface area contributed by atoms with E-state index in [-0.39, 0.29) is 43.1 Å². The molecule has 1 unspecified atom stereocenters. The topological polar surface area (TPSA) is 297 Å². The highest BCUT2D eigenvalue weighted by atomic mass is 32.2. The molecule has 0 saturated carbocycles. The number of hydrogen-bond donors (Lipinski definition) is 6. The normalized spacial score (nSPS) is 20.5. The van der Waals surface area contributed by atoms with Gasteiger partial charge >= 0.3 is 11.9 Å². The van der Waals surface area contributed by atoms with Crippen LogP contribution in [0.25, 0.3) is 0 Å². The molecule has 0 spiro atoms. The zero-order valence-corrected chi connectivity index (χ0v) is 34.9. The summed E-state index contributed by atoms with van der Waals surface area (Å²) in [5.41, 5.74) is 12.5. The van der Waals surface area contributed by atoms with E-state index in [2.05, 4.69) is 17.2 Å². The van der Waals surface area contributed by atoms with Crippen LogP contribution < -0.4 is 21.5 Å². The summed E-state index contributed by atoms with van der Waals surface area (Å²) < 4.78 is 51.7. The lowest BCUT2D eigenvalue weighted by Crippen LogP contribution is -2.65. The molecule has 1 fully saturated rings. The van der Waals surface area contributed by atoms with Gasteiger partial charge in [-0.1, -0.05) is 50.3 Å². The number of aryl methyl sites for hydroxylation is 1. The maximum Gasteiger partial charge on any atom is 0.311 e. The number of pyridine rings is 1. The number of esters is 2. The molecule has 19 nitrogen and oxygen atoms in total. The molecule has 1 aliphatic heterocycles. The van der Waals surface area contributed by atoms with Gasteiger partial charge in [0.05, 0.1) is 23.2 Å². The summed E-state index contributed by atoms with van der Waals surface area (Å²) in [6, 6.07) is 5.49. The van der Waals surface area contributed by atoms with Gasteiger partial charge in [-0.15, -0.1) is 0 Å². The first-order valence-corrected chi connectivity index (χ1v) is 20.8. The van der Waals surface area contributed by atoms with E-state index >= 15 is 0 Å². The standard InChI is InChI=1S/C32H51N5O11.C7H8O3S/c1-5-6-7-8-9-12-25(39)45-18-24-28(41)29(27(32(44)48-24)36-21(4)38)46-19(2)17-37(31(43)20(3)33)23(30(34)42)13-14-26(40)47-22-11-10-15-35-16-22;1-6-2-4-7(5-3-6)11(8,9)10/h10-11,15-16,19-20,23-24,27-29,32,41,44H,5-9,12-14,17-18,33H2,1-4H3,(H2,34,42)(H,36,38);2-5H,1H3,(H,8,9,10)/t19?,20-,23+,24+,27+,28+,29+,32-;/m0./s1. The number of benzene rings is 1. The van der Waals surface area contributed by atoms with Crippen molar-refractivity contribution < 1.29 is 66.1 Å². The molecular formula is C39H59N5O14S. The second-order valence-corrected chi connectivity index (χ2v) is 15.6. The summed E-state index contributed by atoms with van der Waals surface area (Å²) in [5, 5.41) is 24.5. The lowest BCUT2D eigenvalue weighted by atomic mass is 9.96. The number of nitrogens with zero attached hydrogens (tertiary/aromatic N) is 2. The summed E-state index contributed by atoms with van der Waals surface area (Å²) in [5.74, 6) is -3.10. The van der Waals surface area contributed by atoms with E-state index in [1.54, 1.807) is 18.2 Å². The van der Waals surface area contributed by atoms with Crippen molar-refractivity contribution in [1.29, 1.82) is 0 Å². The van der Waals surface area contributed by atoms with Gasteiger partial charge in [0.25, 0.3) is 10.1 Å². The van der Waals surface area contributed by atoms with Crippen LogP contribution in [0.5, 0.6) is 5.75 Å². The Morgan fingerprint density at radius 2 is 1.66 bits per heavy atom. The number of carbonyl (C=O) groups excluding carboxylic acids is 5. The van der Waals surface area contributed by atoms with Crippen LogP contribution in [0.2, 0.25) is 0 Å². The monoisotopic (exact) mass is 853 g/mol. The Balaban J connectivity index is 0.000000937. The highest BCUT2D eigenvalue weighted by Gasteiger charge is 2.47. The molecule has 1 aromatic heterocycles. The van der Waals surface area contributed by atoms with Gasteiger partial charge in [0, 0.05) is 32.5 Å². The van der Waals surface area contributed by atoms with Gasteiger partial charge in [-0.25, -0.2) is 0 Å².